The van der Waals surface area contributed by atoms with Crippen LogP contribution in [0, 0.1) is 13.8 Å². The molecule has 6 heteroatoms. The molecule has 4 aromatic rings. The Labute approximate surface area is 173 Å². The molecule has 0 bridgehead atoms. The van der Waals surface area contributed by atoms with Gasteiger partial charge in [0.05, 0.1) is 19.6 Å². The van der Waals surface area contributed by atoms with Crippen molar-refractivity contribution in [3.8, 4) is 22.6 Å². The average Bonchev–Trinajstić information content (AvgIpc) is 3.04. The third-order valence-electron chi connectivity index (χ3n) is 5.00. The maximum absolute atomic E-state index is 13.0. The number of aryl methyl sites for hydroxylation is 2. The van der Waals surface area contributed by atoms with E-state index in [1.165, 1.54) is 0 Å². The second-order valence-electron chi connectivity index (χ2n) is 6.94. The summed E-state index contributed by atoms with van der Waals surface area (Å²) in [5, 5.41) is 0.649. The Kier molecular flexibility index (Phi) is 5.11. The van der Waals surface area contributed by atoms with E-state index in [2.05, 4.69) is 11.1 Å². The zero-order valence-corrected chi connectivity index (χ0v) is 17.6. The molecular formula is C23H22N2O3S. The van der Waals surface area contributed by atoms with E-state index in [1.54, 1.807) is 25.6 Å². The van der Waals surface area contributed by atoms with Crippen molar-refractivity contribution in [2.75, 3.05) is 14.2 Å². The summed E-state index contributed by atoms with van der Waals surface area (Å²) >= 11 is 1.55. The van der Waals surface area contributed by atoms with Crippen LogP contribution in [-0.4, -0.2) is 24.2 Å². The van der Waals surface area contributed by atoms with E-state index in [-0.39, 0.29) is 5.56 Å². The molecule has 29 heavy (non-hydrogen) atoms. The first-order valence-electron chi connectivity index (χ1n) is 9.30. The molecule has 0 atom stereocenters. The number of hydrogen-bond acceptors (Lipinski definition) is 5. The zero-order valence-electron chi connectivity index (χ0n) is 16.8. The van der Waals surface area contributed by atoms with Crippen LogP contribution in [0.1, 0.15) is 21.8 Å². The van der Waals surface area contributed by atoms with E-state index in [1.807, 2.05) is 50.2 Å². The van der Waals surface area contributed by atoms with E-state index < -0.39 is 0 Å². The van der Waals surface area contributed by atoms with E-state index in [4.69, 9.17) is 14.5 Å². The van der Waals surface area contributed by atoms with Gasteiger partial charge in [-0.25, -0.2) is 4.98 Å². The van der Waals surface area contributed by atoms with Gasteiger partial charge in [0.25, 0.3) is 5.56 Å². The zero-order chi connectivity index (χ0) is 20.5. The number of benzene rings is 2. The van der Waals surface area contributed by atoms with Gasteiger partial charge in [0.15, 0.2) is 0 Å². The number of aromatic nitrogens is 2. The van der Waals surface area contributed by atoms with Gasteiger partial charge in [-0.2, -0.15) is 0 Å². The fourth-order valence-electron chi connectivity index (χ4n) is 3.57. The van der Waals surface area contributed by atoms with Crippen LogP contribution in [0.4, 0.5) is 0 Å². The van der Waals surface area contributed by atoms with Gasteiger partial charge in [-0.15, -0.1) is 11.3 Å². The van der Waals surface area contributed by atoms with Gasteiger partial charge < -0.3 is 14.5 Å². The highest BCUT2D eigenvalue weighted by atomic mass is 32.1. The SMILES string of the molecule is COc1ccc(Cc2nc3sc(C)c(-c4ccc(OC)c(C)c4)c3c(=O)[nH]2)cc1. The first-order valence-corrected chi connectivity index (χ1v) is 10.1. The lowest BCUT2D eigenvalue weighted by molar-refractivity contribution is 0.412. The molecule has 2 heterocycles. The van der Waals surface area contributed by atoms with E-state index in [0.717, 1.165) is 43.5 Å². The van der Waals surface area contributed by atoms with Crippen LogP contribution in [0.3, 0.4) is 0 Å². The molecule has 2 aromatic heterocycles. The Morgan fingerprint density at radius 2 is 1.79 bits per heavy atom. The predicted octanol–water partition coefficient (Wildman–Crippen LogP) is 4.88. The maximum atomic E-state index is 13.0. The number of nitrogens with one attached hydrogen (secondary N) is 1. The summed E-state index contributed by atoms with van der Waals surface area (Å²) in [6.07, 6.45) is 0.559. The van der Waals surface area contributed by atoms with Crippen molar-refractivity contribution in [2.24, 2.45) is 0 Å². The van der Waals surface area contributed by atoms with Crippen LogP contribution in [0.5, 0.6) is 11.5 Å². The van der Waals surface area contributed by atoms with E-state index in [9.17, 15) is 4.79 Å². The quantitative estimate of drug-likeness (QED) is 0.513. The number of methoxy groups -OCH3 is 2. The molecule has 4 rings (SSSR count). The van der Waals surface area contributed by atoms with Crippen molar-refractivity contribution < 1.29 is 9.47 Å². The van der Waals surface area contributed by atoms with Crippen molar-refractivity contribution in [3.05, 3.63) is 74.6 Å². The average molecular weight is 407 g/mol. The molecule has 2 aromatic carbocycles. The van der Waals surface area contributed by atoms with Crippen molar-refractivity contribution in [1.29, 1.82) is 0 Å². The lowest BCUT2D eigenvalue weighted by Gasteiger charge is -2.08. The summed E-state index contributed by atoms with van der Waals surface area (Å²) in [7, 11) is 3.30. The van der Waals surface area contributed by atoms with Gasteiger partial charge in [-0.1, -0.05) is 18.2 Å². The molecule has 0 radical (unpaired) electrons. The second kappa shape index (κ2) is 7.72. The summed E-state index contributed by atoms with van der Waals surface area (Å²) in [6.45, 7) is 4.03. The Hall–Kier alpha value is -3.12. The molecule has 0 aliphatic heterocycles. The van der Waals surface area contributed by atoms with Gasteiger partial charge in [0, 0.05) is 16.9 Å². The molecule has 5 nitrogen and oxygen atoms in total. The molecule has 0 amide bonds. The standard InChI is InChI=1S/C23H22N2O3S/c1-13-11-16(7-10-18(13)28-4)20-14(2)29-23-21(20)22(26)24-19(25-23)12-15-5-8-17(27-3)9-6-15/h5-11H,12H2,1-4H3,(H,24,25,26). The lowest BCUT2D eigenvalue weighted by atomic mass is 10.0. The highest BCUT2D eigenvalue weighted by Crippen LogP contribution is 2.37. The van der Waals surface area contributed by atoms with Crippen LogP contribution < -0.4 is 15.0 Å². The topological polar surface area (TPSA) is 64.2 Å². The third-order valence-corrected chi connectivity index (χ3v) is 6.00. The number of aromatic amines is 1. The number of thiophene rings is 1. The minimum absolute atomic E-state index is 0.105. The van der Waals surface area contributed by atoms with E-state index >= 15 is 0 Å². The smallest absolute Gasteiger partial charge is 0.260 e. The molecule has 0 spiro atoms. The van der Waals surface area contributed by atoms with Gasteiger partial charge in [-0.05, 0) is 54.8 Å². The summed E-state index contributed by atoms with van der Waals surface area (Å²) < 4.78 is 10.6. The van der Waals surface area contributed by atoms with Crippen molar-refractivity contribution in [3.63, 3.8) is 0 Å². The van der Waals surface area contributed by atoms with Crippen LogP contribution in [0.25, 0.3) is 21.3 Å². The molecular weight excluding hydrogens is 384 g/mol. The molecule has 0 aliphatic carbocycles. The number of ether oxygens (including phenoxy) is 2. The minimum atomic E-state index is -0.105. The normalized spacial score (nSPS) is 11.0. The summed E-state index contributed by atoms with van der Waals surface area (Å²) in [4.78, 5) is 22.5. The molecule has 0 saturated carbocycles. The Balaban J connectivity index is 1.76. The number of H-pyrrole nitrogens is 1. The summed E-state index contributed by atoms with van der Waals surface area (Å²) in [6, 6.07) is 13.8. The van der Waals surface area contributed by atoms with Crippen LogP contribution in [-0.2, 0) is 6.42 Å². The fourth-order valence-corrected chi connectivity index (χ4v) is 4.63. The first-order chi connectivity index (χ1) is 14.0. The highest BCUT2D eigenvalue weighted by Gasteiger charge is 2.17. The van der Waals surface area contributed by atoms with Gasteiger partial charge in [0.1, 0.15) is 22.2 Å². The van der Waals surface area contributed by atoms with E-state index in [0.29, 0.717) is 17.6 Å². The molecule has 148 valence electrons. The second-order valence-corrected chi connectivity index (χ2v) is 8.14. The van der Waals surface area contributed by atoms with Crippen LogP contribution in [0.15, 0.2) is 47.3 Å². The fraction of sp³-hybridized carbons (Fsp3) is 0.217. The Morgan fingerprint density at radius 1 is 1.03 bits per heavy atom. The predicted molar refractivity (Wildman–Crippen MR) is 118 cm³/mol. The summed E-state index contributed by atoms with van der Waals surface area (Å²) in [5.41, 5.74) is 3.94. The van der Waals surface area contributed by atoms with Crippen molar-refractivity contribution in [1.82, 2.24) is 9.97 Å². The minimum Gasteiger partial charge on any atom is -0.497 e. The number of nitrogens with zero attached hydrogens (tertiary/aromatic N) is 1. The van der Waals surface area contributed by atoms with Gasteiger partial charge in [0.2, 0.25) is 0 Å². The lowest BCUT2D eigenvalue weighted by Crippen LogP contribution is -2.11. The van der Waals surface area contributed by atoms with Crippen LogP contribution in [0.2, 0.25) is 0 Å². The van der Waals surface area contributed by atoms with Crippen molar-refractivity contribution in [2.45, 2.75) is 20.3 Å². The van der Waals surface area contributed by atoms with Gasteiger partial charge >= 0.3 is 0 Å². The highest BCUT2D eigenvalue weighted by molar-refractivity contribution is 7.19. The third kappa shape index (κ3) is 3.63. The largest absolute Gasteiger partial charge is 0.497 e. The maximum Gasteiger partial charge on any atom is 0.260 e. The van der Waals surface area contributed by atoms with Gasteiger partial charge in [-0.3, -0.25) is 4.79 Å². The van der Waals surface area contributed by atoms with Crippen molar-refractivity contribution >= 4 is 21.6 Å². The molecule has 0 saturated heterocycles. The molecule has 1 N–H and O–H groups in total. The molecule has 0 unspecified atom stereocenters. The number of hydrogen-bond donors (Lipinski definition) is 1. The number of rotatable bonds is 5. The molecule has 0 fully saturated rings. The molecule has 0 aliphatic rings. The monoisotopic (exact) mass is 406 g/mol. The summed E-state index contributed by atoms with van der Waals surface area (Å²) in [5.74, 6) is 2.30. The Bertz CT molecular complexity index is 1240. The first kappa shape index (κ1) is 19.2. The Morgan fingerprint density at radius 3 is 2.45 bits per heavy atom. The van der Waals surface area contributed by atoms with Crippen LogP contribution >= 0.6 is 11.3 Å². The number of fused-ring (bicyclic) bond motifs is 1.